The summed E-state index contributed by atoms with van der Waals surface area (Å²) in [5.41, 5.74) is 4.78. The Bertz CT molecular complexity index is 1160. The van der Waals surface area contributed by atoms with Gasteiger partial charge in [0, 0.05) is 12.6 Å². The first-order valence-corrected chi connectivity index (χ1v) is 11.0. The van der Waals surface area contributed by atoms with Crippen molar-refractivity contribution in [3.8, 4) is 5.75 Å². The van der Waals surface area contributed by atoms with Crippen molar-refractivity contribution in [2.75, 3.05) is 4.90 Å². The third-order valence-corrected chi connectivity index (χ3v) is 6.41. The lowest BCUT2D eigenvalue weighted by molar-refractivity contribution is -0.120. The van der Waals surface area contributed by atoms with Gasteiger partial charge in [0.15, 0.2) is 0 Å². The second-order valence-electron chi connectivity index (χ2n) is 8.17. The summed E-state index contributed by atoms with van der Waals surface area (Å²) >= 11 is 0. The minimum Gasteiger partial charge on any atom is -0.487 e. The number of carbonyl (C=O) groups is 2. The average molecular weight is 428 g/mol. The third kappa shape index (κ3) is 3.23. The number of benzene rings is 2. The Hall–Kier alpha value is -3.67. The molecule has 2 atom stereocenters. The van der Waals surface area contributed by atoms with E-state index in [0.717, 1.165) is 34.6 Å². The molecule has 0 aliphatic carbocycles. The Balaban J connectivity index is 1.48. The first-order chi connectivity index (χ1) is 15.6. The van der Waals surface area contributed by atoms with Gasteiger partial charge in [-0.1, -0.05) is 37.3 Å². The van der Waals surface area contributed by atoms with E-state index < -0.39 is 6.04 Å². The lowest BCUT2D eigenvalue weighted by atomic mass is 9.85. The number of carbonyl (C=O) groups excluding carboxylic acids is 2. The molecule has 1 saturated heterocycles. The number of rotatable bonds is 5. The SMILES string of the molecule is CCc1c(OCc2ccccn2)ccc2c1C[C@H]1C(=O)N(c3ccccc3)C(=O)N1C2C. The van der Waals surface area contributed by atoms with Crippen LogP contribution < -0.4 is 9.64 Å². The van der Waals surface area contributed by atoms with Crippen LogP contribution in [0.2, 0.25) is 0 Å². The molecule has 0 bridgehead atoms. The smallest absolute Gasteiger partial charge is 0.332 e. The number of pyridine rings is 1. The molecule has 5 rings (SSSR count). The number of ether oxygens (including phenoxy) is 1. The van der Waals surface area contributed by atoms with Crippen LogP contribution >= 0.6 is 0 Å². The molecule has 3 aromatic rings. The van der Waals surface area contributed by atoms with Crippen LogP contribution in [0.1, 0.15) is 42.3 Å². The molecule has 0 saturated carbocycles. The predicted octanol–water partition coefficient (Wildman–Crippen LogP) is 4.68. The number of amides is 3. The minimum absolute atomic E-state index is 0.166. The van der Waals surface area contributed by atoms with Gasteiger partial charge in [0.25, 0.3) is 5.91 Å². The summed E-state index contributed by atoms with van der Waals surface area (Å²) in [6.07, 6.45) is 3.03. The minimum atomic E-state index is -0.499. The van der Waals surface area contributed by atoms with E-state index >= 15 is 0 Å². The number of hydrogen-bond donors (Lipinski definition) is 0. The summed E-state index contributed by atoms with van der Waals surface area (Å²) in [5, 5.41) is 0. The van der Waals surface area contributed by atoms with Crippen LogP contribution in [0, 0.1) is 0 Å². The second-order valence-corrected chi connectivity index (χ2v) is 8.17. The predicted molar refractivity (Wildman–Crippen MR) is 121 cm³/mol. The molecule has 1 aromatic heterocycles. The molecular formula is C26H25N3O3. The zero-order chi connectivity index (χ0) is 22.2. The summed E-state index contributed by atoms with van der Waals surface area (Å²) in [6.45, 7) is 4.48. The Morgan fingerprint density at radius 2 is 1.81 bits per heavy atom. The van der Waals surface area contributed by atoms with E-state index in [1.807, 2.05) is 55.5 Å². The Kier molecular flexibility index (Phi) is 5.13. The second kappa shape index (κ2) is 8.11. The average Bonchev–Trinajstić information content (AvgIpc) is 3.08. The van der Waals surface area contributed by atoms with E-state index in [1.165, 1.54) is 4.90 Å². The van der Waals surface area contributed by atoms with E-state index in [4.69, 9.17) is 4.74 Å². The van der Waals surface area contributed by atoms with Gasteiger partial charge in [-0.25, -0.2) is 9.69 Å². The van der Waals surface area contributed by atoms with Crippen LogP contribution in [0.15, 0.2) is 66.9 Å². The van der Waals surface area contributed by atoms with Crippen LogP contribution in [0.25, 0.3) is 0 Å². The quantitative estimate of drug-likeness (QED) is 0.555. The summed E-state index contributed by atoms with van der Waals surface area (Å²) in [5.74, 6) is 0.648. The normalized spacial score (nSPS) is 19.7. The summed E-state index contributed by atoms with van der Waals surface area (Å²) in [4.78, 5) is 33.9. The fourth-order valence-electron chi connectivity index (χ4n) is 4.87. The molecule has 0 N–H and O–H groups in total. The summed E-state index contributed by atoms with van der Waals surface area (Å²) in [7, 11) is 0. The molecule has 1 unspecified atom stereocenters. The molecular weight excluding hydrogens is 402 g/mol. The molecule has 3 amide bonds. The summed E-state index contributed by atoms with van der Waals surface area (Å²) in [6, 6.07) is 18.0. The molecule has 2 aromatic carbocycles. The van der Waals surface area contributed by atoms with E-state index in [0.29, 0.717) is 18.7 Å². The van der Waals surface area contributed by atoms with Crippen molar-refractivity contribution in [3.05, 3.63) is 89.2 Å². The van der Waals surface area contributed by atoms with Gasteiger partial charge < -0.3 is 9.64 Å². The lowest BCUT2D eigenvalue weighted by Gasteiger charge is -2.36. The van der Waals surface area contributed by atoms with Crippen molar-refractivity contribution in [2.45, 2.75) is 45.4 Å². The molecule has 0 spiro atoms. The molecule has 6 heteroatoms. The number of hydrogen-bond acceptors (Lipinski definition) is 4. The van der Waals surface area contributed by atoms with Crippen LogP contribution in [-0.4, -0.2) is 27.9 Å². The molecule has 0 radical (unpaired) electrons. The zero-order valence-electron chi connectivity index (χ0n) is 18.2. The molecule has 162 valence electrons. The van der Waals surface area contributed by atoms with Gasteiger partial charge >= 0.3 is 6.03 Å². The number of para-hydroxylation sites is 1. The van der Waals surface area contributed by atoms with Crippen molar-refractivity contribution in [2.24, 2.45) is 0 Å². The van der Waals surface area contributed by atoms with Gasteiger partial charge in [0.1, 0.15) is 18.4 Å². The van der Waals surface area contributed by atoms with Crippen molar-refractivity contribution in [1.29, 1.82) is 0 Å². The largest absolute Gasteiger partial charge is 0.487 e. The van der Waals surface area contributed by atoms with Gasteiger partial charge in [0.05, 0.1) is 17.4 Å². The zero-order valence-corrected chi connectivity index (χ0v) is 18.2. The van der Waals surface area contributed by atoms with Crippen LogP contribution in [-0.2, 0) is 24.2 Å². The van der Waals surface area contributed by atoms with Gasteiger partial charge in [-0.3, -0.25) is 9.78 Å². The number of anilines is 1. The first kappa shape index (κ1) is 20.2. The molecule has 2 aliphatic heterocycles. The maximum Gasteiger partial charge on any atom is 0.332 e. The summed E-state index contributed by atoms with van der Waals surface area (Å²) < 4.78 is 6.13. The molecule has 1 fully saturated rings. The first-order valence-electron chi connectivity index (χ1n) is 11.0. The Morgan fingerprint density at radius 3 is 2.53 bits per heavy atom. The van der Waals surface area contributed by atoms with Crippen molar-refractivity contribution < 1.29 is 14.3 Å². The van der Waals surface area contributed by atoms with Crippen molar-refractivity contribution in [3.63, 3.8) is 0 Å². The monoisotopic (exact) mass is 427 g/mol. The number of imide groups is 1. The number of urea groups is 1. The standard InChI is InChI=1S/C26H25N3O3/c1-3-20-22-15-23-25(30)29(19-10-5-4-6-11-19)26(31)28(23)17(2)21(22)12-13-24(20)32-16-18-9-7-8-14-27-18/h4-14,17,23H,3,15-16H2,1-2H3/t17?,23-/m0/s1. The highest BCUT2D eigenvalue weighted by Crippen LogP contribution is 2.42. The highest BCUT2D eigenvalue weighted by Gasteiger charge is 2.51. The van der Waals surface area contributed by atoms with Gasteiger partial charge in [-0.15, -0.1) is 0 Å². The maximum atomic E-state index is 13.3. The number of fused-ring (bicyclic) bond motifs is 2. The fraction of sp³-hybridized carbons (Fsp3) is 0.269. The fourth-order valence-corrected chi connectivity index (χ4v) is 4.87. The molecule has 3 heterocycles. The molecule has 2 aliphatic rings. The van der Waals surface area contributed by atoms with E-state index in [-0.39, 0.29) is 18.0 Å². The molecule has 6 nitrogen and oxygen atoms in total. The highest BCUT2D eigenvalue weighted by atomic mass is 16.5. The van der Waals surface area contributed by atoms with Gasteiger partial charge in [-0.05, 0) is 60.4 Å². The number of nitrogens with zero attached hydrogens (tertiary/aromatic N) is 3. The van der Waals surface area contributed by atoms with E-state index in [2.05, 4.69) is 11.9 Å². The maximum absolute atomic E-state index is 13.3. The highest BCUT2D eigenvalue weighted by molar-refractivity contribution is 6.21. The van der Waals surface area contributed by atoms with Gasteiger partial charge in [0.2, 0.25) is 0 Å². The van der Waals surface area contributed by atoms with Crippen molar-refractivity contribution >= 4 is 17.6 Å². The lowest BCUT2D eigenvalue weighted by Crippen LogP contribution is -2.43. The van der Waals surface area contributed by atoms with Gasteiger partial charge in [-0.2, -0.15) is 0 Å². The van der Waals surface area contributed by atoms with Crippen molar-refractivity contribution in [1.82, 2.24) is 9.88 Å². The Labute approximate surface area is 187 Å². The molecule has 32 heavy (non-hydrogen) atoms. The van der Waals surface area contributed by atoms with Crippen LogP contribution in [0.3, 0.4) is 0 Å². The van der Waals surface area contributed by atoms with E-state index in [1.54, 1.807) is 23.2 Å². The van der Waals surface area contributed by atoms with Crippen LogP contribution in [0.4, 0.5) is 10.5 Å². The van der Waals surface area contributed by atoms with E-state index in [9.17, 15) is 9.59 Å². The Morgan fingerprint density at radius 1 is 1.03 bits per heavy atom. The topological polar surface area (TPSA) is 62.7 Å². The van der Waals surface area contributed by atoms with Crippen LogP contribution in [0.5, 0.6) is 5.75 Å². The third-order valence-electron chi connectivity index (χ3n) is 6.41. The number of aromatic nitrogens is 1.